The molecule has 1 aliphatic rings. The molecule has 0 saturated heterocycles. The summed E-state index contributed by atoms with van der Waals surface area (Å²) in [7, 11) is 0. The lowest BCUT2D eigenvalue weighted by molar-refractivity contribution is 0.353. The van der Waals surface area contributed by atoms with Crippen molar-refractivity contribution in [3.05, 3.63) is 34.6 Å². The van der Waals surface area contributed by atoms with Crippen LogP contribution < -0.4 is 5.32 Å². The van der Waals surface area contributed by atoms with Crippen LogP contribution in [0.2, 0.25) is 5.02 Å². The SMILES string of the molecule is CCCNCC(c1c(F)cccc1Cl)C1CCCCCC1. The van der Waals surface area contributed by atoms with E-state index in [1.165, 1.54) is 38.5 Å². The summed E-state index contributed by atoms with van der Waals surface area (Å²) in [6, 6.07) is 5.07. The average molecular weight is 312 g/mol. The maximum absolute atomic E-state index is 14.4. The molecule has 0 aromatic heterocycles. The number of benzene rings is 1. The van der Waals surface area contributed by atoms with Crippen LogP contribution in [0.5, 0.6) is 0 Å². The van der Waals surface area contributed by atoms with E-state index in [2.05, 4.69) is 12.2 Å². The fraction of sp³-hybridized carbons (Fsp3) is 0.667. The molecule has 2 rings (SSSR count). The Balaban J connectivity index is 2.21. The van der Waals surface area contributed by atoms with Gasteiger partial charge in [-0.05, 0) is 43.9 Å². The molecular weight excluding hydrogens is 285 g/mol. The first-order chi connectivity index (χ1) is 10.2. The highest BCUT2D eigenvalue weighted by molar-refractivity contribution is 6.31. The Morgan fingerprint density at radius 3 is 2.57 bits per heavy atom. The van der Waals surface area contributed by atoms with E-state index in [1.54, 1.807) is 12.1 Å². The molecule has 1 N–H and O–H groups in total. The van der Waals surface area contributed by atoms with Crippen LogP contribution in [0, 0.1) is 11.7 Å². The highest BCUT2D eigenvalue weighted by atomic mass is 35.5. The lowest BCUT2D eigenvalue weighted by atomic mass is 9.81. The third-order valence-electron chi connectivity index (χ3n) is 4.63. The first-order valence-corrected chi connectivity index (χ1v) is 8.76. The van der Waals surface area contributed by atoms with Crippen LogP contribution in [0.3, 0.4) is 0 Å². The summed E-state index contributed by atoms with van der Waals surface area (Å²) in [6.45, 7) is 3.97. The lowest BCUT2D eigenvalue weighted by Gasteiger charge is -2.28. The van der Waals surface area contributed by atoms with Gasteiger partial charge in [-0.15, -0.1) is 0 Å². The van der Waals surface area contributed by atoms with Gasteiger partial charge < -0.3 is 5.32 Å². The van der Waals surface area contributed by atoms with Crippen LogP contribution in [0.15, 0.2) is 18.2 Å². The summed E-state index contributed by atoms with van der Waals surface area (Å²) in [6.07, 6.45) is 8.66. The lowest BCUT2D eigenvalue weighted by Crippen LogP contribution is -2.28. The van der Waals surface area contributed by atoms with Crippen molar-refractivity contribution in [2.75, 3.05) is 13.1 Å². The molecule has 1 aliphatic carbocycles. The van der Waals surface area contributed by atoms with Crippen molar-refractivity contribution in [2.45, 2.75) is 57.8 Å². The van der Waals surface area contributed by atoms with E-state index < -0.39 is 0 Å². The number of hydrogen-bond acceptors (Lipinski definition) is 1. The molecule has 1 unspecified atom stereocenters. The molecule has 0 spiro atoms. The fourth-order valence-electron chi connectivity index (χ4n) is 3.52. The Morgan fingerprint density at radius 2 is 1.95 bits per heavy atom. The van der Waals surface area contributed by atoms with E-state index in [1.807, 2.05) is 6.07 Å². The molecule has 1 nitrogen and oxygen atoms in total. The third kappa shape index (κ3) is 4.69. The summed E-state index contributed by atoms with van der Waals surface area (Å²) in [5, 5.41) is 4.07. The Bertz CT molecular complexity index is 407. The fourth-order valence-corrected chi connectivity index (χ4v) is 3.82. The first-order valence-electron chi connectivity index (χ1n) is 8.38. The van der Waals surface area contributed by atoms with Crippen molar-refractivity contribution >= 4 is 11.6 Å². The zero-order valence-corrected chi connectivity index (χ0v) is 13.8. The van der Waals surface area contributed by atoms with Crippen LogP contribution in [-0.4, -0.2) is 13.1 Å². The van der Waals surface area contributed by atoms with Gasteiger partial charge in [0, 0.05) is 23.0 Å². The van der Waals surface area contributed by atoms with Crippen LogP contribution in [0.1, 0.15) is 63.4 Å². The molecule has 118 valence electrons. The van der Waals surface area contributed by atoms with Gasteiger partial charge in [0.25, 0.3) is 0 Å². The second-order valence-corrected chi connectivity index (χ2v) is 6.60. The smallest absolute Gasteiger partial charge is 0.128 e. The Kier molecular flexibility index (Phi) is 6.98. The predicted octanol–water partition coefficient (Wildman–Crippen LogP) is 5.53. The first kappa shape index (κ1) is 16.8. The van der Waals surface area contributed by atoms with Gasteiger partial charge in [-0.1, -0.05) is 50.3 Å². The second-order valence-electron chi connectivity index (χ2n) is 6.20. The summed E-state index contributed by atoms with van der Waals surface area (Å²) in [5.74, 6) is 0.602. The standard InChI is InChI=1S/C18H27ClFN/c1-2-12-21-13-15(14-8-5-3-4-6-9-14)18-16(19)10-7-11-17(18)20/h7,10-11,14-15,21H,2-6,8-9,12-13H2,1H3. The highest BCUT2D eigenvalue weighted by Gasteiger charge is 2.27. The van der Waals surface area contributed by atoms with Gasteiger partial charge in [0.15, 0.2) is 0 Å². The Morgan fingerprint density at radius 1 is 1.24 bits per heavy atom. The molecule has 1 aromatic rings. The minimum Gasteiger partial charge on any atom is -0.316 e. The van der Waals surface area contributed by atoms with Gasteiger partial charge in [-0.3, -0.25) is 0 Å². The molecule has 1 aromatic carbocycles. The maximum atomic E-state index is 14.4. The largest absolute Gasteiger partial charge is 0.316 e. The number of hydrogen-bond donors (Lipinski definition) is 1. The molecule has 0 radical (unpaired) electrons. The number of halogens is 2. The van der Waals surface area contributed by atoms with Crippen molar-refractivity contribution in [2.24, 2.45) is 5.92 Å². The molecule has 0 amide bonds. The predicted molar refractivity (Wildman–Crippen MR) is 88.5 cm³/mol. The molecule has 1 saturated carbocycles. The van der Waals surface area contributed by atoms with E-state index >= 15 is 0 Å². The summed E-state index contributed by atoms with van der Waals surface area (Å²) >= 11 is 6.33. The molecular formula is C18H27ClFN. The van der Waals surface area contributed by atoms with Gasteiger partial charge in [0.1, 0.15) is 5.82 Å². The second kappa shape index (κ2) is 8.75. The molecule has 0 heterocycles. The van der Waals surface area contributed by atoms with E-state index in [4.69, 9.17) is 11.6 Å². The number of nitrogens with one attached hydrogen (secondary N) is 1. The zero-order valence-electron chi connectivity index (χ0n) is 13.0. The van der Waals surface area contributed by atoms with Gasteiger partial charge in [0.2, 0.25) is 0 Å². The summed E-state index contributed by atoms with van der Waals surface area (Å²) in [5.41, 5.74) is 0.731. The molecule has 1 fully saturated rings. The molecule has 21 heavy (non-hydrogen) atoms. The van der Waals surface area contributed by atoms with Crippen molar-refractivity contribution in [1.29, 1.82) is 0 Å². The molecule has 3 heteroatoms. The van der Waals surface area contributed by atoms with E-state index in [0.29, 0.717) is 10.9 Å². The van der Waals surface area contributed by atoms with Crippen LogP contribution in [0.4, 0.5) is 4.39 Å². The zero-order chi connectivity index (χ0) is 15.1. The topological polar surface area (TPSA) is 12.0 Å². The van der Waals surface area contributed by atoms with Gasteiger partial charge in [-0.2, -0.15) is 0 Å². The molecule has 1 atom stereocenters. The van der Waals surface area contributed by atoms with Crippen LogP contribution in [0.25, 0.3) is 0 Å². The third-order valence-corrected chi connectivity index (χ3v) is 4.96. The Labute approximate surface area is 133 Å². The van der Waals surface area contributed by atoms with E-state index in [-0.39, 0.29) is 11.7 Å². The summed E-state index contributed by atoms with van der Waals surface area (Å²) < 4.78 is 14.4. The van der Waals surface area contributed by atoms with Gasteiger partial charge in [-0.25, -0.2) is 4.39 Å². The molecule has 0 bridgehead atoms. The average Bonchev–Trinajstić information content (AvgIpc) is 2.74. The normalized spacial score (nSPS) is 18.4. The van der Waals surface area contributed by atoms with Crippen molar-refractivity contribution in [3.63, 3.8) is 0 Å². The van der Waals surface area contributed by atoms with E-state index in [9.17, 15) is 4.39 Å². The Hall–Kier alpha value is -0.600. The van der Waals surface area contributed by atoms with Crippen molar-refractivity contribution < 1.29 is 4.39 Å². The van der Waals surface area contributed by atoms with Gasteiger partial charge in [0.05, 0.1) is 0 Å². The van der Waals surface area contributed by atoms with Crippen LogP contribution >= 0.6 is 11.6 Å². The maximum Gasteiger partial charge on any atom is 0.128 e. The van der Waals surface area contributed by atoms with Crippen LogP contribution in [-0.2, 0) is 0 Å². The minimum atomic E-state index is -0.143. The monoisotopic (exact) mass is 311 g/mol. The minimum absolute atomic E-state index is 0.143. The van der Waals surface area contributed by atoms with E-state index in [0.717, 1.165) is 25.1 Å². The van der Waals surface area contributed by atoms with Crippen molar-refractivity contribution in [1.82, 2.24) is 5.32 Å². The number of rotatable bonds is 6. The van der Waals surface area contributed by atoms with Crippen molar-refractivity contribution in [3.8, 4) is 0 Å². The van der Waals surface area contributed by atoms with Gasteiger partial charge >= 0.3 is 0 Å². The quantitative estimate of drug-likeness (QED) is 0.538. The molecule has 0 aliphatic heterocycles. The highest BCUT2D eigenvalue weighted by Crippen LogP contribution is 2.38. The summed E-state index contributed by atoms with van der Waals surface area (Å²) in [4.78, 5) is 0.